The molecule has 1 unspecified atom stereocenters. The van der Waals surface area contributed by atoms with Gasteiger partial charge in [-0.3, -0.25) is 0 Å². The summed E-state index contributed by atoms with van der Waals surface area (Å²) in [5, 5.41) is 0. The molecule has 0 bridgehead atoms. The zero-order valence-corrected chi connectivity index (χ0v) is 13.0. The van der Waals surface area contributed by atoms with Crippen molar-refractivity contribution >= 4 is 27.5 Å². The quantitative estimate of drug-likeness (QED) is 0.735. The van der Waals surface area contributed by atoms with Gasteiger partial charge >= 0.3 is 0 Å². The van der Waals surface area contributed by atoms with Gasteiger partial charge in [0.1, 0.15) is 5.75 Å². The van der Waals surface area contributed by atoms with E-state index in [9.17, 15) is 0 Å². The van der Waals surface area contributed by atoms with Crippen LogP contribution in [0.15, 0.2) is 16.6 Å². The SMILES string of the molecule is CC(CCl)(Cc1cc(Br)cc2c1OCC2)C1CC1. The molecule has 0 amide bonds. The van der Waals surface area contributed by atoms with Gasteiger partial charge in [0.2, 0.25) is 0 Å². The Hall–Kier alpha value is -0.210. The Morgan fingerprint density at radius 1 is 1.44 bits per heavy atom. The highest BCUT2D eigenvalue weighted by atomic mass is 79.9. The van der Waals surface area contributed by atoms with E-state index in [2.05, 4.69) is 35.0 Å². The maximum absolute atomic E-state index is 6.23. The predicted octanol–water partition coefficient (Wildman–Crippen LogP) is 4.58. The minimum Gasteiger partial charge on any atom is -0.493 e. The van der Waals surface area contributed by atoms with Crippen LogP contribution < -0.4 is 4.74 Å². The summed E-state index contributed by atoms with van der Waals surface area (Å²) in [5.74, 6) is 2.65. The third-order valence-corrected chi connectivity index (χ3v) is 5.36. The third-order valence-electron chi connectivity index (χ3n) is 4.29. The van der Waals surface area contributed by atoms with Gasteiger partial charge in [0, 0.05) is 16.8 Å². The fraction of sp³-hybridized carbons (Fsp3) is 0.600. The average molecular weight is 330 g/mol. The van der Waals surface area contributed by atoms with Crippen LogP contribution in [0.1, 0.15) is 30.9 Å². The first kappa shape index (κ1) is 12.8. The standard InChI is InChI=1S/C15H18BrClO/c1-15(9-17,12-2-3-12)8-11-7-13(16)6-10-4-5-18-14(10)11/h6-7,12H,2-5,8-9H2,1H3. The number of hydrogen-bond donors (Lipinski definition) is 0. The van der Waals surface area contributed by atoms with E-state index in [0.717, 1.165) is 41.5 Å². The van der Waals surface area contributed by atoms with Crippen molar-refractivity contribution in [2.24, 2.45) is 11.3 Å². The van der Waals surface area contributed by atoms with Gasteiger partial charge in [-0.1, -0.05) is 22.9 Å². The van der Waals surface area contributed by atoms with Crippen LogP contribution in [-0.2, 0) is 12.8 Å². The van der Waals surface area contributed by atoms with E-state index in [0.29, 0.717) is 0 Å². The van der Waals surface area contributed by atoms with Gasteiger partial charge in [-0.2, -0.15) is 0 Å². The van der Waals surface area contributed by atoms with Crippen molar-refractivity contribution in [3.8, 4) is 5.75 Å². The van der Waals surface area contributed by atoms with Crippen molar-refractivity contribution in [3.05, 3.63) is 27.7 Å². The Morgan fingerprint density at radius 3 is 2.89 bits per heavy atom. The molecule has 3 heteroatoms. The van der Waals surface area contributed by atoms with Gasteiger partial charge in [0.25, 0.3) is 0 Å². The van der Waals surface area contributed by atoms with E-state index in [-0.39, 0.29) is 5.41 Å². The summed E-state index contributed by atoms with van der Waals surface area (Å²) in [6, 6.07) is 4.39. The molecule has 0 aromatic heterocycles. The highest BCUT2D eigenvalue weighted by Crippen LogP contribution is 2.49. The molecule has 2 aliphatic rings. The summed E-state index contributed by atoms with van der Waals surface area (Å²) in [6.07, 6.45) is 4.73. The van der Waals surface area contributed by atoms with Crippen LogP contribution in [0.5, 0.6) is 5.75 Å². The lowest BCUT2D eigenvalue weighted by atomic mass is 9.80. The Labute approximate surface area is 122 Å². The summed E-state index contributed by atoms with van der Waals surface area (Å²) >= 11 is 9.84. The lowest BCUT2D eigenvalue weighted by molar-refractivity contribution is 0.302. The van der Waals surface area contributed by atoms with E-state index in [1.165, 1.54) is 24.0 Å². The number of hydrogen-bond acceptors (Lipinski definition) is 1. The smallest absolute Gasteiger partial charge is 0.125 e. The molecule has 1 heterocycles. The van der Waals surface area contributed by atoms with E-state index in [1.54, 1.807) is 0 Å². The lowest BCUT2D eigenvalue weighted by Gasteiger charge is -2.28. The molecule has 1 aromatic rings. The molecule has 1 saturated carbocycles. The van der Waals surface area contributed by atoms with Crippen LogP contribution in [0, 0.1) is 11.3 Å². The summed E-state index contributed by atoms with van der Waals surface area (Å²) in [5.41, 5.74) is 2.89. The van der Waals surface area contributed by atoms with Crippen LogP contribution in [0.25, 0.3) is 0 Å². The molecule has 1 aromatic carbocycles. The third kappa shape index (κ3) is 2.30. The summed E-state index contributed by atoms with van der Waals surface area (Å²) in [7, 11) is 0. The molecule has 18 heavy (non-hydrogen) atoms. The van der Waals surface area contributed by atoms with Crippen molar-refractivity contribution in [3.63, 3.8) is 0 Å². The van der Waals surface area contributed by atoms with E-state index < -0.39 is 0 Å². The van der Waals surface area contributed by atoms with Gasteiger partial charge in [-0.15, -0.1) is 11.6 Å². The molecule has 1 atom stereocenters. The van der Waals surface area contributed by atoms with Crippen LogP contribution in [-0.4, -0.2) is 12.5 Å². The molecule has 0 N–H and O–H groups in total. The molecular formula is C15H18BrClO. The molecule has 1 nitrogen and oxygen atoms in total. The monoisotopic (exact) mass is 328 g/mol. The number of fused-ring (bicyclic) bond motifs is 1. The molecule has 0 spiro atoms. The molecule has 0 radical (unpaired) electrons. The molecule has 1 aliphatic carbocycles. The maximum Gasteiger partial charge on any atom is 0.125 e. The van der Waals surface area contributed by atoms with Gasteiger partial charge < -0.3 is 4.74 Å². The number of benzene rings is 1. The summed E-state index contributed by atoms with van der Waals surface area (Å²) < 4.78 is 6.97. The molecule has 0 saturated heterocycles. The molecular weight excluding hydrogens is 312 g/mol. The number of alkyl halides is 1. The van der Waals surface area contributed by atoms with Crippen molar-refractivity contribution < 1.29 is 4.74 Å². The van der Waals surface area contributed by atoms with E-state index >= 15 is 0 Å². The van der Waals surface area contributed by atoms with Crippen LogP contribution in [0.3, 0.4) is 0 Å². The van der Waals surface area contributed by atoms with E-state index in [1.807, 2.05) is 0 Å². The highest BCUT2D eigenvalue weighted by Gasteiger charge is 2.41. The molecule has 1 aliphatic heterocycles. The predicted molar refractivity (Wildman–Crippen MR) is 78.6 cm³/mol. The average Bonchev–Trinajstić information content (AvgIpc) is 3.09. The second-order valence-corrected chi connectivity index (χ2v) is 7.07. The van der Waals surface area contributed by atoms with E-state index in [4.69, 9.17) is 16.3 Å². The van der Waals surface area contributed by atoms with Gasteiger partial charge in [0.05, 0.1) is 6.61 Å². The molecule has 3 rings (SSSR count). The summed E-state index contributed by atoms with van der Waals surface area (Å²) in [4.78, 5) is 0. The molecule has 1 fully saturated rings. The Kier molecular flexibility index (Phi) is 3.36. The fourth-order valence-corrected chi connectivity index (χ4v) is 3.86. The largest absolute Gasteiger partial charge is 0.493 e. The van der Waals surface area contributed by atoms with Crippen molar-refractivity contribution in [1.29, 1.82) is 0 Å². The van der Waals surface area contributed by atoms with Crippen molar-refractivity contribution in [2.45, 2.75) is 32.6 Å². The minimum absolute atomic E-state index is 0.224. The zero-order chi connectivity index (χ0) is 12.8. The Morgan fingerprint density at radius 2 is 2.22 bits per heavy atom. The van der Waals surface area contributed by atoms with Crippen molar-refractivity contribution in [2.75, 3.05) is 12.5 Å². The lowest BCUT2D eigenvalue weighted by Crippen LogP contribution is -2.24. The summed E-state index contributed by atoms with van der Waals surface area (Å²) in [6.45, 7) is 3.14. The van der Waals surface area contributed by atoms with Gasteiger partial charge in [-0.25, -0.2) is 0 Å². The maximum atomic E-state index is 6.23. The van der Waals surface area contributed by atoms with Crippen LogP contribution in [0.4, 0.5) is 0 Å². The number of rotatable bonds is 4. The van der Waals surface area contributed by atoms with Crippen LogP contribution in [0.2, 0.25) is 0 Å². The molecule has 98 valence electrons. The minimum atomic E-state index is 0.224. The normalized spacial score (nSPS) is 21.3. The Balaban J connectivity index is 1.92. The topological polar surface area (TPSA) is 9.23 Å². The number of halogens is 2. The van der Waals surface area contributed by atoms with Crippen LogP contribution >= 0.6 is 27.5 Å². The first-order valence-corrected chi connectivity index (χ1v) is 7.95. The van der Waals surface area contributed by atoms with Gasteiger partial charge in [-0.05, 0) is 53.9 Å². The zero-order valence-electron chi connectivity index (χ0n) is 10.6. The van der Waals surface area contributed by atoms with Crippen molar-refractivity contribution in [1.82, 2.24) is 0 Å². The first-order valence-electron chi connectivity index (χ1n) is 6.62. The first-order chi connectivity index (χ1) is 8.62. The Bertz CT molecular complexity index is 470. The second-order valence-electron chi connectivity index (χ2n) is 5.89. The van der Waals surface area contributed by atoms with Gasteiger partial charge in [0.15, 0.2) is 0 Å². The fourth-order valence-electron chi connectivity index (χ4n) is 2.99. The number of ether oxygens (including phenoxy) is 1. The highest BCUT2D eigenvalue weighted by molar-refractivity contribution is 9.10. The second kappa shape index (κ2) is 4.72.